The lowest BCUT2D eigenvalue weighted by molar-refractivity contribution is -0.133. The van der Waals surface area contributed by atoms with Crippen LogP contribution < -0.4 is 15.0 Å². The smallest absolute Gasteiger partial charge is 0.296 e. The fourth-order valence-corrected chi connectivity index (χ4v) is 5.32. The van der Waals surface area contributed by atoms with Gasteiger partial charge in [-0.2, -0.15) is 9.97 Å². The first-order valence-corrected chi connectivity index (χ1v) is 13.1. The molecule has 0 unspecified atom stereocenters. The molecule has 1 N–H and O–H groups in total. The molecular formula is C26H29F2N7O4. The van der Waals surface area contributed by atoms with Gasteiger partial charge in [0.05, 0.1) is 30.9 Å². The number of likely N-dealkylation sites (tertiary alicyclic amines) is 1. The number of hydrogen-bond acceptors (Lipinski definition) is 8. The number of alkyl halides is 2. The summed E-state index contributed by atoms with van der Waals surface area (Å²) < 4.78 is 41.0. The van der Waals surface area contributed by atoms with E-state index >= 15 is 0 Å². The van der Waals surface area contributed by atoms with Crippen LogP contribution in [0.3, 0.4) is 0 Å². The number of ether oxygens (including phenoxy) is 2. The highest BCUT2D eigenvalue weighted by Gasteiger charge is 2.35. The van der Waals surface area contributed by atoms with Gasteiger partial charge in [-0.05, 0) is 25.0 Å². The standard InChI is InChI=1S/C26H29F2N7O4/c27-23(28)24-30-17-3-1-2-4-19(17)35(24)20-13-22(32-26(31-20)33-9-11-38-12-10-33)39-15-16-7-8-34(14-16)25(37)18-5-6-21(36)29-18/h1-4,13,16,18,23H,5-12,14-15H2,(H,29,36)/t16-,18-/m0/s1. The Labute approximate surface area is 223 Å². The van der Waals surface area contributed by atoms with Crippen molar-refractivity contribution in [1.82, 2.24) is 29.7 Å². The van der Waals surface area contributed by atoms with Gasteiger partial charge in [0.1, 0.15) is 11.9 Å². The number of amides is 2. The summed E-state index contributed by atoms with van der Waals surface area (Å²) in [5.41, 5.74) is 0.949. The highest BCUT2D eigenvalue weighted by molar-refractivity contribution is 5.91. The molecule has 3 aromatic rings. The minimum atomic E-state index is -2.81. The average Bonchev–Trinajstić information content (AvgIpc) is 3.70. The van der Waals surface area contributed by atoms with Crippen LogP contribution >= 0.6 is 0 Å². The summed E-state index contributed by atoms with van der Waals surface area (Å²) in [5, 5.41) is 2.73. The number of hydrogen-bond donors (Lipinski definition) is 1. The summed E-state index contributed by atoms with van der Waals surface area (Å²) in [6.07, 6.45) is -1.16. The Balaban J connectivity index is 1.25. The molecule has 3 fully saturated rings. The predicted molar refractivity (Wildman–Crippen MR) is 136 cm³/mol. The van der Waals surface area contributed by atoms with Crippen molar-refractivity contribution in [2.75, 3.05) is 50.9 Å². The van der Waals surface area contributed by atoms with E-state index in [0.717, 1.165) is 6.42 Å². The third-order valence-electron chi connectivity index (χ3n) is 7.34. The fraction of sp³-hybridized carbons (Fsp3) is 0.500. The second-order valence-corrected chi connectivity index (χ2v) is 9.97. The number of para-hydroxylation sites is 2. The molecule has 3 aliphatic rings. The van der Waals surface area contributed by atoms with Crippen molar-refractivity contribution in [3.63, 3.8) is 0 Å². The minimum absolute atomic E-state index is 0.0613. The molecule has 0 spiro atoms. The highest BCUT2D eigenvalue weighted by Crippen LogP contribution is 2.30. The molecule has 3 aliphatic heterocycles. The van der Waals surface area contributed by atoms with Crippen molar-refractivity contribution in [2.45, 2.75) is 31.7 Å². The third-order valence-corrected chi connectivity index (χ3v) is 7.34. The zero-order valence-corrected chi connectivity index (χ0v) is 21.3. The number of anilines is 1. The second kappa shape index (κ2) is 10.7. The zero-order valence-electron chi connectivity index (χ0n) is 21.3. The van der Waals surface area contributed by atoms with E-state index in [9.17, 15) is 18.4 Å². The lowest BCUT2D eigenvalue weighted by atomic mass is 10.1. The predicted octanol–water partition coefficient (Wildman–Crippen LogP) is 2.10. The van der Waals surface area contributed by atoms with E-state index in [1.54, 1.807) is 35.2 Å². The summed E-state index contributed by atoms with van der Waals surface area (Å²) in [7, 11) is 0. The van der Waals surface area contributed by atoms with E-state index in [2.05, 4.69) is 20.3 Å². The number of fused-ring (bicyclic) bond motifs is 1. The molecule has 1 aromatic carbocycles. The van der Waals surface area contributed by atoms with Gasteiger partial charge >= 0.3 is 0 Å². The summed E-state index contributed by atoms with van der Waals surface area (Å²) in [4.78, 5) is 41.4. The van der Waals surface area contributed by atoms with E-state index in [4.69, 9.17) is 9.47 Å². The quantitative estimate of drug-likeness (QED) is 0.484. The number of nitrogens with one attached hydrogen (secondary N) is 1. The lowest BCUT2D eigenvalue weighted by Gasteiger charge is -2.27. The molecule has 0 radical (unpaired) electrons. The molecule has 2 amide bonds. The van der Waals surface area contributed by atoms with Gasteiger partial charge in [-0.25, -0.2) is 13.8 Å². The number of rotatable bonds is 7. The first kappa shape index (κ1) is 25.4. The van der Waals surface area contributed by atoms with Crippen LogP contribution in [0.1, 0.15) is 31.5 Å². The van der Waals surface area contributed by atoms with Crippen molar-refractivity contribution in [2.24, 2.45) is 5.92 Å². The third kappa shape index (κ3) is 5.22. The molecule has 206 valence electrons. The van der Waals surface area contributed by atoms with Crippen LogP contribution in [0.5, 0.6) is 5.88 Å². The molecule has 3 saturated heterocycles. The van der Waals surface area contributed by atoms with Crippen molar-refractivity contribution < 1.29 is 27.8 Å². The summed E-state index contributed by atoms with van der Waals surface area (Å²) in [5.74, 6) is 0.374. The van der Waals surface area contributed by atoms with Gasteiger partial charge < -0.3 is 24.6 Å². The SMILES string of the molecule is O=C1CC[C@@H](C(=O)N2CC[C@H](COc3cc(-n4c(C(F)F)nc5ccccc54)nc(N4CCOCC4)n3)C2)N1. The molecule has 2 aromatic heterocycles. The van der Waals surface area contributed by atoms with Gasteiger partial charge in [-0.3, -0.25) is 14.2 Å². The van der Waals surface area contributed by atoms with Gasteiger partial charge in [0.25, 0.3) is 6.43 Å². The first-order chi connectivity index (χ1) is 19.0. The largest absolute Gasteiger partial charge is 0.477 e. The fourth-order valence-electron chi connectivity index (χ4n) is 5.32. The first-order valence-electron chi connectivity index (χ1n) is 13.1. The molecule has 11 nitrogen and oxygen atoms in total. The number of nitrogens with zero attached hydrogens (tertiary/aromatic N) is 6. The molecule has 6 rings (SSSR count). The molecule has 0 bridgehead atoms. The Morgan fingerprint density at radius 2 is 1.95 bits per heavy atom. The van der Waals surface area contributed by atoms with E-state index in [0.29, 0.717) is 75.8 Å². The maximum Gasteiger partial charge on any atom is 0.296 e. The summed E-state index contributed by atoms with van der Waals surface area (Å²) in [6, 6.07) is 8.02. The number of carbonyl (C=O) groups excluding carboxylic acids is 2. The zero-order chi connectivity index (χ0) is 26.9. The number of halogens is 2. The number of aromatic nitrogens is 4. The van der Waals surface area contributed by atoms with Gasteiger partial charge in [0.15, 0.2) is 5.82 Å². The average molecular weight is 542 g/mol. The van der Waals surface area contributed by atoms with E-state index in [-0.39, 0.29) is 29.4 Å². The Bertz CT molecular complexity index is 1380. The Kier molecular flexibility index (Phi) is 6.98. The highest BCUT2D eigenvalue weighted by atomic mass is 19.3. The second-order valence-electron chi connectivity index (χ2n) is 9.97. The molecule has 2 atom stereocenters. The Morgan fingerprint density at radius 3 is 2.72 bits per heavy atom. The number of carbonyl (C=O) groups is 2. The number of morpholine rings is 1. The minimum Gasteiger partial charge on any atom is -0.477 e. The Morgan fingerprint density at radius 1 is 1.13 bits per heavy atom. The van der Waals surface area contributed by atoms with Crippen molar-refractivity contribution in [3.05, 3.63) is 36.2 Å². The maximum atomic E-state index is 14.1. The number of benzene rings is 1. The van der Waals surface area contributed by atoms with Crippen LogP contribution in [-0.2, 0) is 14.3 Å². The van der Waals surface area contributed by atoms with Crippen LogP contribution in [0.4, 0.5) is 14.7 Å². The van der Waals surface area contributed by atoms with E-state index in [1.807, 2.05) is 4.90 Å². The van der Waals surface area contributed by atoms with Crippen molar-refractivity contribution in [1.29, 1.82) is 0 Å². The van der Waals surface area contributed by atoms with Gasteiger partial charge in [0, 0.05) is 44.6 Å². The van der Waals surface area contributed by atoms with Gasteiger partial charge in [0.2, 0.25) is 23.6 Å². The maximum absolute atomic E-state index is 14.1. The lowest BCUT2D eigenvalue weighted by Crippen LogP contribution is -2.43. The number of imidazole rings is 1. The van der Waals surface area contributed by atoms with Crippen LogP contribution in [0.2, 0.25) is 0 Å². The van der Waals surface area contributed by atoms with Crippen molar-refractivity contribution in [3.8, 4) is 11.7 Å². The normalized spacial score (nSPS) is 21.7. The Hall–Kier alpha value is -3.87. The van der Waals surface area contributed by atoms with E-state index < -0.39 is 18.3 Å². The van der Waals surface area contributed by atoms with E-state index in [1.165, 1.54) is 4.57 Å². The molecule has 0 saturated carbocycles. The van der Waals surface area contributed by atoms with Gasteiger partial charge in [-0.15, -0.1) is 0 Å². The van der Waals surface area contributed by atoms with Crippen LogP contribution in [0, 0.1) is 5.92 Å². The van der Waals surface area contributed by atoms with Crippen LogP contribution in [0.15, 0.2) is 30.3 Å². The molecule has 5 heterocycles. The molecular weight excluding hydrogens is 512 g/mol. The summed E-state index contributed by atoms with van der Waals surface area (Å²) >= 11 is 0. The summed E-state index contributed by atoms with van der Waals surface area (Å²) in [6.45, 7) is 3.54. The van der Waals surface area contributed by atoms with Crippen LogP contribution in [-0.4, -0.2) is 88.3 Å². The molecule has 39 heavy (non-hydrogen) atoms. The van der Waals surface area contributed by atoms with Gasteiger partial charge in [-0.1, -0.05) is 12.1 Å². The molecule has 0 aliphatic carbocycles. The topological polar surface area (TPSA) is 115 Å². The van der Waals surface area contributed by atoms with Crippen LogP contribution in [0.25, 0.3) is 16.9 Å². The molecule has 13 heteroatoms. The monoisotopic (exact) mass is 541 g/mol. The van der Waals surface area contributed by atoms with Crippen molar-refractivity contribution >= 4 is 28.8 Å².